The second-order valence-corrected chi connectivity index (χ2v) is 3.91. The van der Waals surface area contributed by atoms with Crippen molar-refractivity contribution in [1.29, 1.82) is 0 Å². The van der Waals surface area contributed by atoms with Gasteiger partial charge < -0.3 is 4.74 Å². The predicted molar refractivity (Wildman–Crippen MR) is 53.1 cm³/mol. The van der Waals surface area contributed by atoms with Crippen molar-refractivity contribution in [3.05, 3.63) is 0 Å². The number of Topliss-reactive ketones (excluding diaryl/α,β-unsaturated/α-hetero) is 2. The Morgan fingerprint density at radius 3 is 2.50 bits per heavy atom. The zero-order valence-corrected chi connectivity index (χ0v) is 8.75. The van der Waals surface area contributed by atoms with Crippen LogP contribution in [0.1, 0.15) is 38.5 Å². The highest BCUT2D eigenvalue weighted by Gasteiger charge is 2.23. The molecule has 0 unspecified atom stereocenters. The molecule has 0 aromatic carbocycles. The molecule has 0 aliphatic heterocycles. The molecule has 1 rings (SSSR count). The maximum atomic E-state index is 11.6. The summed E-state index contributed by atoms with van der Waals surface area (Å²) in [6, 6.07) is 0. The molecule has 0 heterocycles. The minimum absolute atomic E-state index is 0.0174. The van der Waals surface area contributed by atoms with Gasteiger partial charge in [0.25, 0.3) is 0 Å². The number of hydrogen-bond acceptors (Lipinski definition) is 3. The van der Waals surface area contributed by atoms with E-state index in [-0.39, 0.29) is 23.9 Å². The van der Waals surface area contributed by atoms with Crippen molar-refractivity contribution in [3.63, 3.8) is 0 Å². The minimum Gasteiger partial charge on any atom is -0.384 e. The van der Waals surface area contributed by atoms with Crippen LogP contribution in [-0.4, -0.2) is 25.3 Å². The molecule has 14 heavy (non-hydrogen) atoms. The van der Waals surface area contributed by atoms with Gasteiger partial charge in [-0.25, -0.2) is 0 Å². The molecule has 0 N–H and O–H groups in total. The number of hydrogen-bond donors (Lipinski definition) is 0. The molecule has 0 spiro atoms. The molecule has 0 atom stereocenters. The lowest BCUT2D eigenvalue weighted by atomic mass is 9.98. The average molecular weight is 198 g/mol. The molecule has 0 saturated heterocycles. The highest BCUT2D eigenvalue weighted by molar-refractivity contribution is 6.00. The van der Waals surface area contributed by atoms with Crippen molar-refractivity contribution in [1.82, 2.24) is 0 Å². The first-order valence-electron chi connectivity index (χ1n) is 5.27. The topological polar surface area (TPSA) is 43.4 Å². The molecule has 1 aliphatic rings. The molecule has 0 bridgehead atoms. The predicted octanol–water partition coefficient (Wildman–Crippen LogP) is 1.74. The van der Waals surface area contributed by atoms with E-state index in [9.17, 15) is 9.59 Å². The lowest BCUT2D eigenvalue weighted by molar-refractivity contribution is -0.129. The minimum atomic E-state index is 0.0174. The van der Waals surface area contributed by atoms with Crippen LogP contribution in [0.3, 0.4) is 0 Å². The summed E-state index contributed by atoms with van der Waals surface area (Å²) in [5.74, 6) is 0.328. The van der Waals surface area contributed by atoms with Gasteiger partial charge in [0.2, 0.25) is 0 Å². The summed E-state index contributed by atoms with van der Waals surface area (Å²) in [4.78, 5) is 22.8. The van der Waals surface area contributed by atoms with Crippen LogP contribution >= 0.6 is 0 Å². The lowest BCUT2D eigenvalue weighted by Gasteiger charge is -2.06. The molecule has 0 radical (unpaired) electrons. The summed E-state index contributed by atoms with van der Waals surface area (Å²) in [6.45, 7) is 0.427. The number of methoxy groups -OCH3 is 1. The Morgan fingerprint density at radius 2 is 1.93 bits per heavy atom. The van der Waals surface area contributed by atoms with Gasteiger partial charge in [-0.1, -0.05) is 12.8 Å². The van der Waals surface area contributed by atoms with Crippen LogP contribution in [0.5, 0.6) is 0 Å². The van der Waals surface area contributed by atoms with Gasteiger partial charge in [0.1, 0.15) is 11.6 Å². The van der Waals surface area contributed by atoms with Crippen molar-refractivity contribution in [2.45, 2.75) is 38.5 Å². The largest absolute Gasteiger partial charge is 0.384 e. The van der Waals surface area contributed by atoms with E-state index in [1.165, 1.54) is 0 Å². The quantitative estimate of drug-likeness (QED) is 0.610. The molecule has 1 saturated carbocycles. The number of carbonyl (C=O) groups is 2. The molecule has 3 heteroatoms. The van der Waals surface area contributed by atoms with Gasteiger partial charge in [-0.2, -0.15) is 0 Å². The third kappa shape index (κ3) is 3.58. The van der Waals surface area contributed by atoms with Crippen molar-refractivity contribution in [3.8, 4) is 0 Å². The summed E-state index contributed by atoms with van der Waals surface area (Å²) < 4.78 is 4.79. The van der Waals surface area contributed by atoms with Gasteiger partial charge in [-0.3, -0.25) is 9.59 Å². The molecule has 1 fully saturated rings. The van der Waals surface area contributed by atoms with Gasteiger partial charge in [-0.15, -0.1) is 0 Å². The van der Waals surface area contributed by atoms with Gasteiger partial charge in [-0.05, 0) is 12.8 Å². The number of ketones is 2. The van der Waals surface area contributed by atoms with E-state index in [0.29, 0.717) is 13.0 Å². The smallest absolute Gasteiger partial charge is 0.143 e. The highest BCUT2D eigenvalue weighted by Crippen LogP contribution is 2.26. The van der Waals surface area contributed by atoms with Crippen LogP contribution < -0.4 is 0 Å². The van der Waals surface area contributed by atoms with E-state index in [0.717, 1.165) is 25.7 Å². The molecular weight excluding hydrogens is 180 g/mol. The van der Waals surface area contributed by atoms with Crippen LogP contribution in [0.2, 0.25) is 0 Å². The number of rotatable bonds is 6. The zero-order chi connectivity index (χ0) is 10.4. The Labute approximate surface area is 84.8 Å². The molecule has 3 nitrogen and oxygen atoms in total. The average Bonchev–Trinajstić information content (AvgIpc) is 2.67. The van der Waals surface area contributed by atoms with Crippen molar-refractivity contribution in [2.24, 2.45) is 5.92 Å². The van der Waals surface area contributed by atoms with Crippen molar-refractivity contribution < 1.29 is 14.3 Å². The number of ether oxygens (including phenoxy) is 1. The number of carbonyl (C=O) groups excluding carboxylic acids is 2. The molecule has 0 amide bonds. The van der Waals surface area contributed by atoms with E-state index < -0.39 is 0 Å². The summed E-state index contributed by atoms with van der Waals surface area (Å²) in [5, 5.41) is 0. The fraction of sp³-hybridized carbons (Fsp3) is 0.818. The van der Waals surface area contributed by atoms with Crippen LogP contribution in [0.25, 0.3) is 0 Å². The molecular formula is C11H18O3. The summed E-state index contributed by atoms with van der Waals surface area (Å²) >= 11 is 0. The second-order valence-electron chi connectivity index (χ2n) is 3.91. The first-order chi connectivity index (χ1) is 6.74. The molecule has 1 aliphatic carbocycles. The van der Waals surface area contributed by atoms with Crippen LogP contribution in [0.4, 0.5) is 0 Å². The standard InChI is InChI=1S/C11H18O3/c1-14-7-6-10(12)8-11(13)9-4-2-3-5-9/h9H,2-8H2,1H3. The fourth-order valence-corrected chi connectivity index (χ4v) is 1.89. The molecule has 80 valence electrons. The summed E-state index contributed by atoms with van der Waals surface area (Å²) in [7, 11) is 1.56. The third-order valence-corrected chi connectivity index (χ3v) is 2.77. The van der Waals surface area contributed by atoms with Crippen LogP contribution in [-0.2, 0) is 14.3 Å². The maximum absolute atomic E-state index is 11.6. The Morgan fingerprint density at radius 1 is 1.29 bits per heavy atom. The van der Waals surface area contributed by atoms with E-state index in [1.807, 2.05) is 0 Å². The monoisotopic (exact) mass is 198 g/mol. The Balaban J connectivity index is 2.21. The Hall–Kier alpha value is -0.700. The highest BCUT2D eigenvalue weighted by atomic mass is 16.5. The van der Waals surface area contributed by atoms with Crippen molar-refractivity contribution >= 4 is 11.6 Å². The second kappa shape index (κ2) is 5.91. The normalized spacial score (nSPS) is 17.2. The van der Waals surface area contributed by atoms with E-state index >= 15 is 0 Å². The maximum Gasteiger partial charge on any atom is 0.143 e. The Kier molecular flexibility index (Phi) is 4.80. The van der Waals surface area contributed by atoms with Crippen LogP contribution in [0, 0.1) is 5.92 Å². The fourth-order valence-electron chi connectivity index (χ4n) is 1.89. The van der Waals surface area contributed by atoms with Gasteiger partial charge in [0.05, 0.1) is 13.0 Å². The van der Waals surface area contributed by atoms with Gasteiger partial charge >= 0.3 is 0 Å². The van der Waals surface area contributed by atoms with E-state index in [4.69, 9.17) is 4.74 Å². The first-order valence-corrected chi connectivity index (χ1v) is 5.27. The first kappa shape index (κ1) is 11.4. The van der Waals surface area contributed by atoms with Crippen LogP contribution in [0.15, 0.2) is 0 Å². The Bertz CT molecular complexity index is 205. The van der Waals surface area contributed by atoms with Crippen molar-refractivity contribution in [2.75, 3.05) is 13.7 Å². The van der Waals surface area contributed by atoms with E-state index in [1.54, 1.807) is 7.11 Å². The lowest BCUT2D eigenvalue weighted by Crippen LogP contribution is -2.16. The third-order valence-electron chi connectivity index (χ3n) is 2.77. The van der Waals surface area contributed by atoms with Gasteiger partial charge in [0.15, 0.2) is 0 Å². The summed E-state index contributed by atoms with van der Waals surface area (Å²) in [5.41, 5.74) is 0. The summed E-state index contributed by atoms with van der Waals surface area (Å²) in [6.07, 6.45) is 4.74. The molecule has 0 aromatic rings. The zero-order valence-electron chi connectivity index (χ0n) is 8.75. The van der Waals surface area contributed by atoms with Gasteiger partial charge in [0, 0.05) is 19.4 Å². The molecule has 0 aromatic heterocycles. The SMILES string of the molecule is COCCC(=O)CC(=O)C1CCCC1. The van der Waals surface area contributed by atoms with E-state index in [2.05, 4.69) is 0 Å².